The van der Waals surface area contributed by atoms with E-state index in [0.29, 0.717) is 0 Å². The maximum Gasteiger partial charge on any atom is 0.218 e. The zero-order valence-corrected chi connectivity index (χ0v) is 7.63. The lowest BCUT2D eigenvalue weighted by Gasteiger charge is -2.00. The highest BCUT2D eigenvalue weighted by Gasteiger charge is 2.02. The molecule has 0 unspecified atom stereocenters. The molecular formula is C9H14FNO. The molecule has 2 nitrogen and oxygen atoms in total. The highest BCUT2D eigenvalue weighted by molar-refractivity contribution is 5.21. The molecule has 0 radical (unpaired) electrons. The molecule has 0 saturated heterocycles. The molecule has 0 aliphatic rings. The van der Waals surface area contributed by atoms with Crippen LogP contribution in [0.4, 0.5) is 4.39 Å². The lowest BCUT2D eigenvalue weighted by molar-refractivity contribution is 0.273. The lowest BCUT2D eigenvalue weighted by atomic mass is 10.2. The quantitative estimate of drug-likeness (QED) is 0.656. The van der Waals surface area contributed by atoms with Gasteiger partial charge in [0.05, 0.1) is 6.61 Å². The molecule has 0 aliphatic carbocycles. The van der Waals surface area contributed by atoms with E-state index in [-0.39, 0.29) is 12.2 Å². The first kappa shape index (κ1) is 11.0. The number of aryl methyl sites for hydroxylation is 1. The Morgan fingerprint density at radius 1 is 1.50 bits per heavy atom. The van der Waals surface area contributed by atoms with Crippen molar-refractivity contribution in [3.8, 4) is 0 Å². The van der Waals surface area contributed by atoms with Crippen molar-refractivity contribution in [1.29, 1.82) is 0 Å². The predicted octanol–water partition coefficient (Wildman–Crippen LogP) is 2.05. The number of halogens is 1. The summed E-state index contributed by atoms with van der Waals surface area (Å²) in [5.74, 6) is -0.581. The minimum Gasteiger partial charge on any atom is -0.391 e. The summed E-state index contributed by atoms with van der Waals surface area (Å²) in [6, 6.07) is 1.66. The van der Waals surface area contributed by atoms with Gasteiger partial charge < -0.3 is 5.11 Å². The molecule has 1 aromatic rings. The normalized spacial score (nSPS) is 8.75. The van der Waals surface area contributed by atoms with Crippen LogP contribution in [0.5, 0.6) is 0 Å². The second-order valence-corrected chi connectivity index (χ2v) is 2.06. The van der Waals surface area contributed by atoms with E-state index in [1.54, 1.807) is 13.0 Å². The van der Waals surface area contributed by atoms with Gasteiger partial charge in [-0.05, 0) is 18.6 Å². The van der Waals surface area contributed by atoms with Crippen molar-refractivity contribution in [3.63, 3.8) is 0 Å². The van der Waals surface area contributed by atoms with Gasteiger partial charge in [-0.25, -0.2) is 4.98 Å². The van der Waals surface area contributed by atoms with E-state index >= 15 is 0 Å². The first-order valence-electron chi connectivity index (χ1n) is 3.96. The van der Waals surface area contributed by atoms with Crippen LogP contribution in [0.15, 0.2) is 12.3 Å². The molecule has 12 heavy (non-hydrogen) atoms. The average molecular weight is 171 g/mol. The van der Waals surface area contributed by atoms with Gasteiger partial charge in [-0.15, -0.1) is 0 Å². The summed E-state index contributed by atoms with van der Waals surface area (Å²) < 4.78 is 12.6. The van der Waals surface area contributed by atoms with E-state index in [2.05, 4.69) is 4.98 Å². The fraction of sp³-hybridized carbons (Fsp3) is 0.444. The smallest absolute Gasteiger partial charge is 0.218 e. The van der Waals surface area contributed by atoms with Crippen LogP contribution in [0.1, 0.15) is 25.0 Å². The Balaban J connectivity index is 0.000000561. The van der Waals surface area contributed by atoms with E-state index in [4.69, 9.17) is 5.11 Å². The van der Waals surface area contributed by atoms with Crippen LogP contribution in [0.3, 0.4) is 0 Å². The van der Waals surface area contributed by atoms with Gasteiger partial charge in [0, 0.05) is 11.8 Å². The number of nitrogens with zero attached hydrogens (tertiary/aromatic N) is 1. The van der Waals surface area contributed by atoms with Crippen LogP contribution >= 0.6 is 0 Å². The molecule has 0 aliphatic heterocycles. The topological polar surface area (TPSA) is 33.1 Å². The van der Waals surface area contributed by atoms with Gasteiger partial charge in [0.1, 0.15) is 0 Å². The van der Waals surface area contributed by atoms with Gasteiger partial charge in [0.2, 0.25) is 5.95 Å². The van der Waals surface area contributed by atoms with Crippen molar-refractivity contribution in [2.24, 2.45) is 0 Å². The Morgan fingerprint density at radius 3 is 2.42 bits per heavy atom. The third kappa shape index (κ3) is 2.58. The third-order valence-electron chi connectivity index (χ3n) is 1.40. The van der Waals surface area contributed by atoms with Crippen molar-refractivity contribution in [1.82, 2.24) is 4.98 Å². The summed E-state index contributed by atoms with van der Waals surface area (Å²) in [5, 5.41) is 8.62. The zero-order valence-electron chi connectivity index (χ0n) is 7.63. The Hall–Kier alpha value is -0.960. The van der Waals surface area contributed by atoms with Gasteiger partial charge in [0.25, 0.3) is 0 Å². The maximum absolute atomic E-state index is 12.6. The van der Waals surface area contributed by atoms with E-state index in [0.717, 1.165) is 5.56 Å². The predicted molar refractivity (Wildman–Crippen MR) is 46.2 cm³/mol. The van der Waals surface area contributed by atoms with E-state index in [1.807, 2.05) is 13.8 Å². The number of aromatic nitrogens is 1. The average Bonchev–Trinajstić information content (AvgIpc) is 2.08. The number of hydrogen-bond acceptors (Lipinski definition) is 2. The largest absolute Gasteiger partial charge is 0.391 e. The molecule has 1 heterocycles. The summed E-state index contributed by atoms with van der Waals surface area (Å²) >= 11 is 0. The Bertz CT molecular complexity index is 218. The summed E-state index contributed by atoms with van der Waals surface area (Å²) in [4.78, 5) is 3.38. The van der Waals surface area contributed by atoms with Gasteiger partial charge in [-0.2, -0.15) is 4.39 Å². The van der Waals surface area contributed by atoms with E-state index in [9.17, 15) is 4.39 Å². The van der Waals surface area contributed by atoms with Crippen LogP contribution in [0.25, 0.3) is 0 Å². The second kappa shape index (κ2) is 5.66. The Labute approximate surface area is 72.1 Å². The number of aliphatic hydroxyl groups excluding tert-OH is 1. The summed E-state index contributed by atoms with van der Waals surface area (Å²) in [7, 11) is 0. The van der Waals surface area contributed by atoms with E-state index in [1.165, 1.54) is 6.20 Å². The number of aliphatic hydroxyl groups is 1. The zero-order chi connectivity index (χ0) is 9.56. The molecule has 68 valence electrons. The minimum absolute atomic E-state index is 0.280. The van der Waals surface area contributed by atoms with Gasteiger partial charge >= 0.3 is 0 Å². The number of rotatable bonds is 1. The van der Waals surface area contributed by atoms with Crippen molar-refractivity contribution >= 4 is 0 Å². The van der Waals surface area contributed by atoms with E-state index < -0.39 is 5.95 Å². The molecular weight excluding hydrogens is 157 g/mol. The highest BCUT2D eigenvalue weighted by atomic mass is 19.1. The Kier molecular flexibility index (Phi) is 5.21. The molecule has 0 atom stereocenters. The molecule has 0 aromatic carbocycles. The maximum atomic E-state index is 12.6. The molecule has 0 fully saturated rings. The minimum atomic E-state index is -0.581. The number of pyridine rings is 1. The molecule has 3 heteroatoms. The first-order chi connectivity index (χ1) is 5.75. The third-order valence-corrected chi connectivity index (χ3v) is 1.40. The highest BCUT2D eigenvalue weighted by Crippen LogP contribution is 2.08. The summed E-state index contributed by atoms with van der Waals surface area (Å²) in [6.45, 7) is 5.45. The molecule has 0 saturated carbocycles. The molecule has 1 aromatic heterocycles. The van der Waals surface area contributed by atoms with Crippen molar-refractivity contribution < 1.29 is 9.50 Å². The number of hydrogen-bond donors (Lipinski definition) is 1. The summed E-state index contributed by atoms with van der Waals surface area (Å²) in [5.41, 5.74) is 1.01. The van der Waals surface area contributed by atoms with Crippen LogP contribution in [0.2, 0.25) is 0 Å². The van der Waals surface area contributed by atoms with Gasteiger partial charge in [0.15, 0.2) is 0 Å². The van der Waals surface area contributed by atoms with Crippen molar-refractivity contribution in [2.75, 3.05) is 0 Å². The molecule has 0 amide bonds. The fourth-order valence-corrected chi connectivity index (χ4v) is 0.746. The first-order valence-corrected chi connectivity index (χ1v) is 3.96. The molecule has 0 spiro atoms. The molecule has 1 N–H and O–H groups in total. The SMILES string of the molecule is CC.Cc1ccnc(F)c1CO. The van der Waals surface area contributed by atoms with Crippen LogP contribution in [0, 0.1) is 12.9 Å². The van der Waals surface area contributed by atoms with Crippen LogP contribution in [-0.4, -0.2) is 10.1 Å². The Morgan fingerprint density at radius 2 is 2.08 bits per heavy atom. The van der Waals surface area contributed by atoms with Gasteiger partial charge in [-0.1, -0.05) is 13.8 Å². The second-order valence-electron chi connectivity index (χ2n) is 2.06. The summed E-state index contributed by atoms with van der Waals surface area (Å²) in [6.07, 6.45) is 1.38. The van der Waals surface area contributed by atoms with Crippen LogP contribution < -0.4 is 0 Å². The van der Waals surface area contributed by atoms with Crippen LogP contribution in [-0.2, 0) is 6.61 Å². The lowest BCUT2D eigenvalue weighted by Crippen LogP contribution is -1.95. The van der Waals surface area contributed by atoms with Crippen molar-refractivity contribution in [2.45, 2.75) is 27.4 Å². The molecule has 0 bridgehead atoms. The van der Waals surface area contributed by atoms with Crippen molar-refractivity contribution in [3.05, 3.63) is 29.3 Å². The standard InChI is InChI=1S/C7H8FNO.C2H6/c1-5-2-3-9-7(8)6(5)4-10;1-2/h2-3,10H,4H2,1H3;1-2H3. The van der Waals surface area contributed by atoms with Gasteiger partial charge in [-0.3, -0.25) is 0 Å². The monoisotopic (exact) mass is 171 g/mol. The fourth-order valence-electron chi connectivity index (χ4n) is 0.746. The molecule has 1 rings (SSSR count).